The van der Waals surface area contributed by atoms with Gasteiger partial charge in [-0.15, -0.1) is 0 Å². The number of carbonyl (C=O) groups excluding carboxylic acids is 4. The summed E-state index contributed by atoms with van der Waals surface area (Å²) in [5.74, 6) is -3.09. The first-order chi connectivity index (χ1) is 23.7. The van der Waals surface area contributed by atoms with Crippen molar-refractivity contribution in [3.63, 3.8) is 0 Å². The fraction of sp³-hybridized carbons (Fsp3) is 0.579. The number of benzene rings is 2. The van der Waals surface area contributed by atoms with E-state index in [2.05, 4.69) is 17.6 Å². The third kappa shape index (κ3) is 15.6. The maximum atomic E-state index is 13.3. The number of carbonyl (C=O) groups is 4. The lowest BCUT2D eigenvalue weighted by Gasteiger charge is -2.20. The van der Waals surface area contributed by atoms with Crippen molar-refractivity contribution < 1.29 is 37.1 Å². The minimum absolute atomic E-state index is 0.0211. The maximum Gasteiger partial charge on any atom is 0.338 e. The van der Waals surface area contributed by atoms with Crippen molar-refractivity contribution >= 4 is 56.4 Å². The molecule has 0 aromatic heterocycles. The number of hydrogen-bond acceptors (Lipinski definition) is 8. The normalized spacial score (nSPS) is 12.0. The Balaban J connectivity index is 1.90. The van der Waals surface area contributed by atoms with E-state index < -0.39 is 45.4 Å². The molecule has 0 bridgehead atoms. The number of sulfone groups is 1. The van der Waals surface area contributed by atoms with E-state index in [0.717, 1.165) is 32.4 Å². The van der Waals surface area contributed by atoms with Gasteiger partial charge in [-0.2, -0.15) is 0 Å². The number of anilines is 2. The Morgan fingerprint density at radius 1 is 0.740 bits per heavy atom. The molecule has 2 aromatic carbocycles. The number of unbranched alkanes of at least 4 members (excludes halogenated alkanes) is 13. The molecule has 2 aromatic rings. The SMILES string of the molecule is CCCCCCCCCCCCCCCCOC(=O)c1ccc(Cl)c(NC(=O)C(Oc2ccc(S(C)(=O)=O)cc2NC(=O)C(C)C)C(C)=O)c1. The number of ether oxygens (including phenoxy) is 2. The predicted octanol–water partition coefficient (Wildman–Crippen LogP) is 8.95. The van der Waals surface area contributed by atoms with Crippen LogP contribution in [0, 0.1) is 5.92 Å². The predicted molar refractivity (Wildman–Crippen MR) is 199 cm³/mol. The van der Waals surface area contributed by atoms with Gasteiger partial charge in [-0.1, -0.05) is 116 Å². The van der Waals surface area contributed by atoms with E-state index in [-0.39, 0.29) is 39.2 Å². The molecule has 1 atom stereocenters. The van der Waals surface area contributed by atoms with E-state index in [1.54, 1.807) is 13.8 Å². The minimum atomic E-state index is -3.64. The Kier molecular flexibility index (Phi) is 19.1. The number of hydrogen-bond donors (Lipinski definition) is 2. The summed E-state index contributed by atoms with van der Waals surface area (Å²) in [6, 6.07) is 7.99. The second-order valence-electron chi connectivity index (χ2n) is 13.1. The largest absolute Gasteiger partial charge is 0.471 e. The average molecular weight is 735 g/mol. The van der Waals surface area contributed by atoms with E-state index in [1.165, 1.54) is 107 Å². The molecule has 0 saturated heterocycles. The molecule has 0 heterocycles. The highest BCUT2D eigenvalue weighted by molar-refractivity contribution is 7.90. The molecule has 1 unspecified atom stereocenters. The summed E-state index contributed by atoms with van der Waals surface area (Å²) in [6.07, 6.45) is 16.5. The van der Waals surface area contributed by atoms with Gasteiger partial charge in [0, 0.05) is 12.2 Å². The Morgan fingerprint density at radius 2 is 1.28 bits per heavy atom. The quantitative estimate of drug-likeness (QED) is 0.0618. The molecule has 0 aliphatic carbocycles. The molecule has 12 heteroatoms. The fourth-order valence-electron chi connectivity index (χ4n) is 5.16. The second-order valence-corrected chi connectivity index (χ2v) is 15.5. The summed E-state index contributed by atoms with van der Waals surface area (Å²) in [5.41, 5.74) is 0.218. The lowest BCUT2D eigenvalue weighted by Crippen LogP contribution is -2.39. The minimum Gasteiger partial charge on any atom is -0.471 e. The molecular formula is C38H55ClN2O8S. The van der Waals surface area contributed by atoms with Crippen LogP contribution in [-0.2, 0) is 29.0 Å². The first-order valence-corrected chi connectivity index (χ1v) is 20.1. The van der Waals surface area contributed by atoms with Gasteiger partial charge in [-0.25, -0.2) is 13.2 Å². The zero-order valence-corrected chi connectivity index (χ0v) is 31.9. The van der Waals surface area contributed by atoms with Crippen LogP contribution in [0.1, 0.15) is 128 Å². The molecule has 0 aliphatic heterocycles. The topological polar surface area (TPSA) is 145 Å². The molecule has 2 rings (SSSR count). The number of nitrogens with one attached hydrogen (secondary N) is 2. The van der Waals surface area contributed by atoms with E-state index in [0.29, 0.717) is 0 Å². The number of rotatable bonds is 24. The number of amides is 2. The number of esters is 1. The van der Waals surface area contributed by atoms with Gasteiger partial charge in [0.25, 0.3) is 5.91 Å². The van der Waals surface area contributed by atoms with Gasteiger partial charge in [-0.3, -0.25) is 14.4 Å². The van der Waals surface area contributed by atoms with Crippen LogP contribution in [-0.4, -0.2) is 51.0 Å². The van der Waals surface area contributed by atoms with Crippen LogP contribution < -0.4 is 15.4 Å². The zero-order chi connectivity index (χ0) is 37.1. The number of Topliss-reactive ketones (excluding diaryl/α,β-unsaturated/α-hetero) is 1. The second kappa shape index (κ2) is 22.4. The van der Waals surface area contributed by atoms with Crippen molar-refractivity contribution in [2.24, 2.45) is 5.92 Å². The van der Waals surface area contributed by atoms with Crippen LogP contribution in [0.2, 0.25) is 5.02 Å². The lowest BCUT2D eigenvalue weighted by atomic mass is 10.0. The standard InChI is InChI=1S/C38H55ClN2O8S/c1-6-7-8-9-10-11-12-13-14-15-16-17-18-19-24-48-38(45)29-20-22-31(39)32(25-29)40-37(44)35(28(4)42)49-34-23-21-30(50(5,46)47)26-33(34)41-36(43)27(2)3/h20-23,25-27,35H,6-19,24H2,1-5H3,(H,40,44)(H,41,43). The summed E-state index contributed by atoms with van der Waals surface area (Å²) in [6.45, 7) is 6.96. The third-order valence-electron chi connectivity index (χ3n) is 8.20. The van der Waals surface area contributed by atoms with Crippen molar-refractivity contribution in [1.29, 1.82) is 0 Å². The van der Waals surface area contributed by atoms with Crippen molar-refractivity contribution in [3.05, 3.63) is 47.0 Å². The summed E-state index contributed by atoms with van der Waals surface area (Å²) in [5, 5.41) is 5.24. The highest BCUT2D eigenvalue weighted by Crippen LogP contribution is 2.30. The van der Waals surface area contributed by atoms with Crippen molar-refractivity contribution in [1.82, 2.24) is 0 Å². The van der Waals surface area contributed by atoms with Gasteiger partial charge >= 0.3 is 5.97 Å². The third-order valence-corrected chi connectivity index (χ3v) is 9.64. The Labute approximate surface area is 303 Å². The van der Waals surface area contributed by atoms with Crippen LogP contribution in [0.4, 0.5) is 11.4 Å². The molecule has 0 saturated carbocycles. The lowest BCUT2D eigenvalue weighted by molar-refractivity contribution is -0.133. The zero-order valence-electron chi connectivity index (χ0n) is 30.3. The molecule has 278 valence electrons. The molecule has 0 spiro atoms. The van der Waals surface area contributed by atoms with Gasteiger partial charge < -0.3 is 20.1 Å². The van der Waals surface area contributed by atoms with E-state index in [9.17, 15) is 27.6 Å². The molecule has 0 radical (unpaired) electrons. The first-order valence-electron chi connectivity index (χ1n) is 17.8. The van der Waals surface area contributed by atoms with Gasteiger partial charge in [0.1, 0.15) is 5.75 Å². The summed E-state index contributed by atoms with van der Waals surface area (Å²) < 4.78 is 35.4. The molecule has 2 amide bonds. The van der Waals surface area contributed by atoms with E-state index in [1.807, 2.05) is 0 Å². The molecular weight excluding hydrogens is 680 g/mol. The van der Waals surface area contributed by atoms with Crippen molar-refractivity contribution in [3.8, 4) is 5.75 Å². The summed E-state index contributed by atoms with van der Waals surface area (Å²) in [7, 11) is -3.64. The smallest absolute Gasteiger partial charge is 0.338 e. The van der Waals surface area contributed by atoms with Gasteiger partial charge in [-0.05, 0) is 49.7 Å². The summed E-state index contributed by atoms with van der Waals surface area (Å²) in [4.78, 5) is 50.9. The van der Waals surface area contributed by atoms with Crippen LogP contribution >= 0.6 is 11.6 Å². The molecule has 0 aliphatic rings. The van der Waals surface area contributed by atoms with Crippen LogP contribution in [0.25, 0.3) is 0 Å². The van der Waals surface area contributed by atoms with Crippen molar-refractivity contribution in [2.45, 2.75) is 129 Å². The molecule has 0 fully saturated rings. The average Bonchev–Trinajstić information content (AvgIpc) is 3.05. The highest BCUT2D eigenvalue weighted by Gasteiger charge is 2.28. The van der Waals surface area contributed by atoms with Crippen LogP contribution in [0.5, 0.6) is 5.75 Å². The van der Waals surface area contributed by atoms with Gasteiger partial charge in [0.15, 0.2) is 15.6 Å². The van der Waals surface area contributed by atoms with E-state index >= 15 is 0 Å². The Bertz CT molecular complexity index is 1530. The summed E-state index contributed by atoms with van der Waals surface area (Å²) >= 11 is 6.31. The van der Waals surface area contributed by atoms with Crippen LogP contribution in [0.15, 0.2) is 41.3 Å². The molecule has 10 nitrogen and oxygen atoms in total. The Hall–Kier alpha value is -3.44. The first kappa shape index (κ1) is 42.7. The Morgan fingerprint density at radius 3 is 1.80 bits per heavy atom. The van der Waals surface area contributed by atoms with Gasteiger partial charge in [0.05, 0.1) is 33.5 Å². The van der Waals surface area contributed by atoms with Gasteiger partial charge in [0.2, 0.25) is 12.0 Å². The number of ketones is 1. The maximum absolute atomic E-state index is 13.3. The van der Waals surface area contributed by atoms with Crippen molar-refractivity contribution in [2.75, 3.05) is 23.5 Å². The monoisotopic (exact) mass is 734 g/mol. The van der Waals surface area contributed by atoms with Crippen LogP contribution in [0.3, 0.4) is 0 Å². The molecule has 2 N–H and O–H groups in total. The van der Waals surface area contributed by atoms with E-state index in [4.69, 9.17) is 21.1 Å². The highest BCUT2D eigenvalue weighted by atomic mass is 35.5. The fourth-order valence-corrected chi connectivity index (χ4v) is 5.97. The molecule has 50 heavy (non-hydrogen) atoms. The number of halogens is 1.